The maximum atomic E-state index is 14.1. The summed E-state index contributed by atoms with van der Waals surface area (Å²) in [5.41, 5.74) is 0.131. The molecule has 1 aliphatic carbocycles. The van der Waals surface area contributed by atoms with Crippen LogP contribution in [0.1, 0.15) is 57.4 Å². The summed E-state index contributed by atoms with van der Waals surface area (Å²) >= 11 is 0. The predicted octanol–water partition coefficient (Wildman–Crippen LogP) is 7.09. The summed E-state index contributed by atoms with van der Waals surface area (Å²) in [4.78, 5) is 0. The van der Waals surface area contributed by atoms with E-state index in [9.17, 15) is 22.0 Å². The van der Waals surface area contributed by atoms with Crippen molar-refractivity contribution < 1.29 is 31.4 Å². The van der Waals surface area contributed by atoms with Gasteiger partial charge in [0.05, 0.1) is 6.61 Å². The van der Waals surface area contributed by atoms with Gasteiger partial charge < -0.3 is 9.47 Å². The van der Waals surface area contributed by atoms with Gasteiger partial charge in [0, 0.05) is 6.42 Å². The predicted molar refractivity (Wildman–Crippen MR) is 96.9 cm³/mol. The first-order valence-electron chi connectivity index (χ1n) is 9.65. The Labute approximate surface area is 162 Å². The minimum absolute atomic E-state index is 0.0912. The van der Waals surface area contributed by atoms with E-state index >= 15 is 0 Å². The molecule has 0 unspecified atom stereocenters. The first-order valence-corrected chi connectivity index (χ1v) is 9.65. The van der Waals surface area contributed by atoms with Crippen LogP contribution in [-0.2, 0) is 11.3 Å². The van der Waals surface area contributed by atoms with Crippen molar-refractivity contribution in [2.75, 3.05) is 0 Å². The fourth-order valence-electron chi connectivity index (χ4n) is 3.63. The van der Waals surface area contributed by atoms with Crippen LogP contribution >= 0.6 is 0 Å². The molecule has 158 valence electrons. The summed E-state index contributed by atoms with van der Waals surface area (Å²) < 4.78 is 74.8. The number of benzene rings is 1. The minimum atomic E-state index is -3.31. The highest BCUT2D eigenvalue weighted by molar-refractivity contribution is 5.29. The third-order valence-electron chi connectivity index (χ3n) is 5.13. The zero-order valence-electron chi connectivity index (χ0n) is 16.0. The average Bonchev–Trinajstić information content (AvgIpc) is 2.63. The van der Waals surface area contributed by atoms with Crippen LogP contribution in [0.3, 0.4) is 0 Å². The van der Waals surface area contributed by atoms with Gasteiger partial charge in [-0.3, -0.25) is 0 Å². The van der Waals surface area contributed by atoms with Crippen LogP contribution < -0.4 is 4.74 Å². The van der Waals surface area contributed by atoms with E-state index in [0.717, 1.165) is 50.7 Å². The van der Waals surface area contributed by atoms with E-state index < -0.39 is 30.9 Å². The molecule has 0 spiro atoms. The SMILES string of the molecule is C/C=C/CCC1CCC(CC(F)(F)OCc2ccc(OC(F)F)c(F)c2)CC1. The molecule has 1 aromatic rings. The Bertz CT molecular complexity index is 625. The molecule has 0 aliphatic heterocycles. The molecule has 0 heterocycles. The number of hydrogen-bond donors (Lipinski definition) is 0. The summed E-state index contributed by atoms with van der Waals surface area (Å²) in [6, 6.07) is 3.07. The molecule has 2 rings (SSSR count). The zero-order chi connectivity index (χ0) is 20.6. The fraction of sp³-hybridized carbons (Fsp3) is 0.619. The van der Waals surface area contributed by atoms with Gasteiger partial charge in [-0.15, -0.1) is 0 Å². The summed E-state index contributed by atoms with van der Waals surface area (Å²) in [7, 11) is 0. The Hall–Kier alpha value is -1.63. The molecule has 1 fully saturated rings. The lowest BCUT2D eigenvalue weighted by molar-refractivity contribution is -0.256. The second kappa shape index (κ2) is 10.8. The number of allylic oxidation sites excluding steroid dienone is 2. The third kappa shape index (κ3) is 7.78. The van der Waals surface area contributed by atoms with Crippen LogP contribution in [0.15, 0.2) is 30.4 Å². The molecule has 0 aromatic heterocycles. The van der Waals surface area contributed by atoms with Crippen molar-refractivity contribution in [3.63, 3.8) is 0 Å². The quantitative estimate of drug-likeness (QED) is 0.305. The number of hydrogen-bond acceptors (Lipinski definition) is 2. The van der Waals surface area contributed by atoms with Crippen molar-refractivity contribution in [1.29, 1.82) is 0 Å². The molecule has 7 heteroatoms. The van der Waals surface area contributed by atoms with Gasteiger partial charge in [-0.2, -0.15) is 17.6 Å². The van der Waals surface area contributed by atoms with Crippen LogP contribution in [-0.4, -0.2) is 12.7 Å². The lowest BCUT2D eigenvalue weighted by Gasteiger charge is -2.30. The highest BCUT2D eigenvalue weighted by atomic mass is 19.3. The monoisotopic (exact) mass is 406 g/mol. The van der Waals surface area contributed by atoms with Crippen LogP contribution in [0.2, 0.25) is 0 Å². The first kappa shape index (κ1) is 22.7. The van der Waals surface area contributed by atoms with Gasteiger partial charge in [0.15, 0.2) is 11.6 Å². The van der Waals surface area contributed by atoms with Gasteiger partial charge in [-0.25, -0.2) is 4.39 Å². The van der Waals surface area contributed by atoms with Crippen molar-refractivity contribution in [3.05, 3.63) is 41.7 Å². The van der Waals surface area contributed by atoms with Gasteiger partial charge in [0.1, 0.15) is 0 Å². The Balaban J connectivity index is 1.77. The maximum absolute atomic E-state index is 14.1. The highest BCUT2D eigenvalue weighted by Crippen LogP contribution is 2.38. The molecule has 0 amide bonds. The van der Waals surface area contributed by atoms with E-state index in [-0.39, 0.29) is 17.9 Å². The molecule has 28 heavy (non-hydrogen) atoms. The van der Waals surface area contributed by atoms with Crippen molar-refractivity contribution in [3.8, 4) is 5.75 Å². The van der Waals surface area contributed by atoms with Crippen LogP contribution in [0.4, 0.5) is 22.0 Å². The number of alkyl halides is 4. The molecule has 0 atom stereocenters. The molecule has 1 saturated carbocycles. The molecule has 0 saturated heterocycles. The second-order valence-corrected chi connectivity index (χ2v) is 7.31. The van der Waals surface area contributed by atoms with Gasteiger partial charge in [0.2, 0.25) is 0 Å². The van der Waals surface area contributed by atoms with E-state index in [2.05, 4.69) is 10.8 Å². The molecule has 0 N–H and O–H groups in total. The summed E-state index contributed by atoms with van der Waals surface area (Å²) in [6.45, 7) is -1.67. The first-order chi connectivity index (χ1) is 13.3. The molecule has 2 nitrogen and oxygen atoms in total. The normalized spacial score (nSPS) is 20.8. The van der Waals surface area contributed by atoms with Crippen LogP contribution in [0.5, 0.6) is 5.75 Å². The Morgan fingerprint density at radius 3 is 2.43 bits per heavy atom. The van der Waals surface area contributed by atoms with Gasteiger partial charge in [0.25, 0.3) is 0 Å². The van der Waals surface area contributed by atoms with E-state index in [4.69, 9.17) is 4.74 Å². The Morgan fingerprint density at radius 1 is 1.14 bits per heavy atom. The van der Waals surface area contributed by atoms with Gasteiger partial charge in [-0.1, -0.05) is 31.1 Å². The molecular weight excluding hydrogens is 379 g/mol. The maximum Gasteiger partial charge on any atom is 0.387 e. The Morgan fingerprint density at radius 2 is 1.82 bits per heavy atom. The molecule has 0 radical (unpaired) electrons. The summed E-state index contributed by atoms with van der Waals surface area (Å²) in [6.07, 6.45) is 6.04. The van der Waals surface area contributed by atoms with E-state index in [1.165, 1.54) is 6.07 Å². The van der Waals surface area contributed by atoms with Crippen molar-refractivity contribution in [2.24, 2.45) is 11.8 Å². The van der Waals surface area contributed by atoms with Crippen molar-refractivity contribution in [2.45, 2.75) is 71.2 Å². The molecule has 1 aromatic carbocycles. The third-order valence-corrected chi connectivity index (χ3v) is 5.13. The molecular formula is C21H27F5O2. The summed E-state index contributed by atoms with van der Waals surface area (Å²) in [5, 5.41) is 0. The van der Waals surface area contributed by atoms with Crippen molar-refractivity contribution >= 4 is 0 Å². The molecule has 1 aliphatic rings. The lowest BCUT2D eigenvalue weighted by Crippen LogP contribution is -2.27. The zero-order valence-corrected chi connectivity index (χ0v) is 16.0. The minimum Gasteiger partial charge on any atom is -0.432 e. The van der Waals surface area contributed by atoms with Crippen molar-refractivity contribution in [1.82, 2.24) is 0 Å². The second-order valence-electron chi connectivity index (χ2n) is 7.31. The van der Waals surface area contributed by atoms with Gasteiger partial charge in [-0.05, 0) is 62.1 Å². The standard InChI is InChI=1S/C21H27F5O2/c1-2-3-4-5-15-6-8-16(9-7-15)13-21(25,26)27-14-17-10-11-19(18(22)12-17)28-20(23)24/h2-3,10-12,15-16,20H,4-9,13-14H2,1H3/b3-2+. The molecule has 0 bridgehead atoms. The summed E-state index contributed by atoms with van der Waals surface area (Å²) in [5.74, 6) is -1.16. The average molecular weight is 406 g/mol. The van der Waals surface area contributed by atoms with Crippen LogP contribution in [0, 0.1) is 17.7 Å². The van der Waals surface area contributed by atoms with E-state index in [1.54, 1.807) is 0 Å². The van der Waals surface area contributed by atoms with Gasteiger partial charge >= 0.3 is 12.7 Å². The fourth-order valence-corrected chi connectivity index (χ4v) is 3.63. The number of rotatable bonds is 10. The highest BCUT2D eigenvalue weighted by Gasteiger charge is 2.35. The Kier molecular flexibility index (Phi) is 8.73. The van der Waals surface area contributed by atoms with E-state index in [0.29, 0.717) is 5.92 Å². The van der Waals surface area contributed by atoms with Crippen LogP contribution in [0.25, 0.3) is 0 Å². The topological polar surface area (TPSA) is 18.5 Å². The smallest absolute Gasteiger partial charge is 0.387 e. The number of ether oxygens (including phenoxy) is 2. The number of halogens is 5. The lowest BCUT2D eigenvalue weighted by atomic mass is 9.78. The van der Waals surface area contributed by atoms with E-state index in [1.807, 2.05) is 13.0 Å². The largest absolute Gasteiger partial charge is 0.432 e.